The van der Waals surface area contributed by atoms with Crippen LogP contribution in [0.2, 0.25) is 0 Å². The van der Waals surface area contributed by atoms with Crippen LogP contribution >= 0.6 is 22.6 Å². The monoisotopic (exact) mass is 357 g/mol. The molecule has 0 unspecified atom stereocenters. The normalized spacial score (nSPS) is 11.8. The van der Waals surface area contributed by atoms with E-state index < -0.39 is 12.6 Å². The molecular weight excluding hydrogens is 342 g/mol. The van der Waals surface area contributed by atoms with Crippen molar-refractivity contribution >= 4 is 22.6 Å². The van der Waals surface area contributed by atoms with Gasteiger partial charge in [0.15, 0.2) is 0 Å². The summed E-state index contributed by atoms with van der Waals surface area (Å²) < 4.78 is 36.7. The van der Waals surface area contributed by atoms with Gasteiger partial charge in [0.05, 0.1) is 0 Å². The predicted octanol–water partition coefficient (Wildman–Crippen LogP) is 4.11. The van der Waals surface area contributed by atoms with E-state index in [1.807, 2.05) is 24.3 Å². The van der Waals surface area contributed by atoms with E-state index in [4.69, 9.17) is 0 Å². The molecule has 17 heavy (non-hydrogen) atoms. The average Bonchev–Trinajstić information content (AvgIpc) is 2.24. The molecule has 0 atom stereocenters. The van der Waals surface area contributed by atoms with Crippen LogP contribution in [0.15, 0.2) is 24.3 Å². The number of benzene rings is 1. The van der Waals surface area contributed by atoms with Crippen LogP contribution in [0.25, 0.3) is 0 Å². The largest absolute Gasteiger partial charge is 0.389 e. The van der Waals surface area contributed by atoms with Crippen molar-refractivity contribution in [1.82, 2.24) is 5.32 Å². The lowest BCUT2D eigenvalue weighted by Crippen LogP contribution is -2.15. The fraction of sp³-hybridized carbons (Fsp3) is 0.500. The Balaban J connectivity index is 2.07. The average molecular weight is 357 g/mol. The maximum atomic E-state index is 11.8. The molecule has 0 fully saturated rings. The van der Waals surface area contributed by atoms with Gasteiger partial charge in [-0.3, -0.25) is 0 Å². The lowest BCUT2D eigenvalue weighted by molar-refractivity contribution is -0.135. The molecule has 0 saturated carbocycles. The molecular formula is C12H15F3IN. The standard InChI is InChI=1S/C12H15F3IN/c13-12(14,15)7-1-2-8-17-9-10-3-5-11(16)6-4-10/h3-6,17H,1-2,7-9H2. The summed E-state index contributed by atoms with van der Waals surface area (Å²) in [5, 5.41) is 3.14. The summed E-state index contributed by atoms with van der Waals surface area (Å²) >= 11 is 2.23. The van der Waals surface area contributed by atoms with Gasteiger partial charge >= 0.3 is 6.18 Å². The molecule has 0 bridgehead atoms. The molecule has 0 spiro atoms. The number of hydrogen-bond donors (Lipinski definition) is 1. The molecule has 0 aliphatic carbocycles. The van der Waals surface area contributed by atoms with Gasteiger partial charge in [0.25, 0.3) is 0 Å². The lowest BCUT2D eigenvalue weighted by Gasteiger charge is -2.07. The fourth-order valence-electron chi connectivity index (χ4n) is 1.41. The molecule has 0 heterocycles. The van der Waals surface area contributed by atoms with E-state index in [-0.39, 0.29) is 6.42 Å². The van der Waals surface area contributed by atoms with Crippen LogP contribution in [-0.4, -0.2) is 12.7 Å². The molecule has 1 aromatic carbocycles. The van der Waals surface area contributed by atoms with Gasteiger partial charge in [-0.05, 0) is 59.7 Å². The summed E-state index contributed by atoms with van der Waals surface area (Å²) in [5.74, 6) is 0. The van der Waals surface area contributed by atoms with Crippen LogP contribution in [0, 0.1) is 3.57 Å². The smallest absolute Gasteiger partial charge is 0.313 e. The number of unbranched alkanes of at least 4 members (excludes halogenated alkanes) is 1. The first-order chi connectivity index (χ1) is 7.97. The molecule has 1 N–H and O–H groups in total. The Morgan fingerprint density at radius 3 is 2.29 bits per heavy atom. The van der Waals surface area contributed by atoms with Crippen molar-refractivity contribution < 1.29 is 13.2 Å². The summed E-state index contributed by atoms with van der Waals surface area (Å²) in [6, 6.07) is 8.07. The number of alkyl halides is 3. The van der Waals surface area contributed by atoms with Gasteiger partial charge in [0.2, 0.25) is 0 Å². The van der Waals surface area contributed by atoms with Gasteiger partial charge in [0.1, 0.15) is 0 Å². The minimum atomic E-state index is -4.02. The first-order valence-electron chi connectivity index (χ1n) is 5.49. The molecule has 0 amide bonds. The zero-order valence-corrected chi connectivity index (χ0v) is 11.5. The highest BCUT2D eigenvalue weighted by Gasteiger charge is 2.25. The summed E-state index contributed by atoms with van der Waals surface area (Å²) in [5.41, 5.74) is 1.15. The number of halogens is 4. The van der Waals surface area contributed by atoms with E-state index in [2.05, 4.69) is 27.9 Å². The second-order valence-electron chi connectivity index (χ2n) is 3.88. The van der Waals surface area contributed by atoms with E-state index >= 15 is 0 Å². The number of rotatable bonds is 6. The highest BCUT2D eigenvalue weighted by atomic mass is 127. The van der Waals surface area contributed by atoms with Crippen LogP contribution < -0.4 is 5.32 Å². The SMILES string of the molecule is FC(F)(F)CCCCNCc1ccc(I)cc1. The Labute approximate surface area is 113 Å². The summed E-state index contributed by atoms with van der Waals surface area (Å²) in [6.07, 6.45) is -3.94. The Bertz CT molecular complexity index is 322. The van der Waals surface area contributed by atoms with Crippen LogP contribution in [0.3, 0.4) is 0 Å². The maximum absolute atomic E-state index is 11.8. The van der Waals surface area contributed by atoms with Crippen molar-refractivity contribution in [3.05, 3.63) is 33.4 Å². The zero-order chi connectivity index (χ0) is 12.7. The molecule has 0 aliphatic heterocycles. The molecule has 0 aliphatic rings. The van der Waals surface area contributed by atoms with Crippen LogP contribution in [0.5, 0.6) is 0 Å². The van der Waals surface area contributed by atoms with Crippen LogP contribution in [-0.2, 0) is 6.54 Å². The fourth-order valence-corrected chi connectivity index (χ4v) is 1.77. The van der Waals surface area contributed by atoms with Crippen molar-refractivity contribution in [2.45, 2.75) is 32.0 Å². The minimum Gasteiger partial charge on any atom is -0.313 e. The van der Waals surface area contributed by atoms with Gasteiger partial charge in [0, 0.05) is 16.5 Å². The first kappa shape index (κ1) is 14.8. The molecule has 1 aromatic rings. The molecule has 96 valence electrons. The summed E-state index contributed by atoms with van der Waals surface area (Å²) in [7, 11) is 0. The Morgan fingerprint density at radius 1 is 1.06 bits per heavy atom. The van der Waals surface area contributed by atoms with E-state index in [0.29, 0.717) is 19.5 Å². The van der Waals surface area contributed by atoms with Crippen molar-refractivity contribution in [3.63, 3.8) is 0 Å². The minimum absolute atomic E-state index is 0.198. The van der Waals surface area contributed by atoms with Gasteiger partial charge < -0.3 is 5.32 Å². The maximum Gasteiger partial charge on any atom is 0.389 e. The van der Waals surface area contributed by atoms with E-state index in [1.54, 1.807) is 0 Å². The zero-order valence-electron chi connectivity index (χ0n) is 9.36. The van der Waals surface area contributed by atoms with E-state index in [0.717, 1.165) is 5.56 Å². The molecule has 1 nitrogen and oxygen atoms in total. The van der Waals surface area contributed by atoms with Gasteiger partial charge in [-0.25, -0.2) is 0 Å². The van der Waals surface area contributed by atoms with E-state index in [1.165, 1.54) is 3.57 Å². The van der Waals surface area contributed by atoms with Crippen molar-refractivity contribution in [1.29, 1.82) is 0 Å². The molecule has 0 saturated heterocycles. The highest BCUT2D eigenvalue weighted by molar-refractivity contribution is 14.1. The Morgan fingerprint density at radius 2 is 1.71 bits per heavy atom. The van der Waals surface area contributed by atoms with Crippen molar-refractivity contribution in [3.8, 4) is 0 Å². The third-order valence-corrected chi connectivity index (χ3v) is 3.03. The molecule has 0 radical (unpaired) electrons. The summed E-state index contributed by atoms with van der Waals surface area (Å²) in [6.45, 7) is 1.34. The highest BCUT2D eigenvalue weighted by Crippen LogP contribution is 2.21. The first-order valence-corrected chi connectivity index (χ1v) is 6.57. The van der Waals surface area contributed by atoms with Crippen molar-refractivity contribution in [2.75, 3.05) is 6.54 Å². The third kappa shape index (κ3) is 7.59. The second-order valence-corrected chi connectivity index (χ2v) is 5.12. The molecule has 0 aromatic heterocycles. The second kappa shape index (κ2) is 7.20. The quantitative estimate of drug-likeness (QED) is 0.597. The number of hydrogen-bond acceptors (Lipinski definition) is 1. The van der Waals surface area contributed by atoms with Gasteiger partial charge in [-0.2, -0.15) is 13.2 Å². The molecule has 5 heteroatoms. The van der Waals surface area contributed by atoms with Crippen molar-refractivity contribution in [2.24, 2.45) is 0 Å². The predicted molar refractivity (Wildman–Crippen MR) is 70.8 cm³/mol. The van der Waals surface area contributed by atoms with E-state index in [9.17, 15) is 13.2 Å². The molecule has 1 rings (SSSR count). The van der Waals surface area contributed by atoms with Gasteiger partial charge in [-0.15, -0.1) is 0 Å². The third-order valence-electron chi connectivity index (χ3n) is 2.31. The van der Waals surface area contributed by atoms with Crippen LogP contribution in [0.4, 0.5) is 13.2 Å². The summed E-state index contributed by atoms with van der Waals surface area (Å²) in [4.78, 5) is 0. The lowest BCUT2D eigenvalue weighted by atomic mass is 10.2. The topological polar surface area (TPSA) is 12.0 Å². The van der Waals surface area contributed by atoms with Gasteiger partial charge in [-0.1, -0.05) is 12.1 Å². The Hall–Kier alpha value is -0.300. The Kier molecular flexibility index (Phi) is 6.26. The number of nitrogens with one attached hydrogen (secondary N) is 1. The van der Waals surface area contributed by atoms with Crippen LogP contribution in [0.1, 0.15) is 24.8 Å².